The first-order chi connectivity index (χ1) is 8.10. The van der Waals surface area contributed by atoms with Gasteiger partial charge in [-0.1, -0.05) is 15.9 Å². The molecule has 17 heavy (non-hydrogen) atoms. The van der Waals surface area contributed by atoms with Gasteiger partial charge in [-0.15, -0.1) is 0 Å². The highest BCUT2D eigenvalue weighted by Crippen LogP contribution is 2.31. The lowest BCUT2D eigenvalue weighted by molar-refractivity contribution is 0.118. The van der Waals surface area contributed by atoms with E-state index in [2.05, 4.69) is 26.9 Å². The van der Waals surface area contributed by atoms with Crippen molar-refractivity contribution in [3.05, 3.63) is 27.7 Å². The van der Waals surface area contributed by atoms with E-state index in [1.54, 1.807) is 7.11 Å². The molecule has 1 aliphatic rings. The van der Waals surface area contributed by atoms with Crippen molar-refractivity contribution in [3.63, 3.8) is 0 Å². The molecule has 0 unspecified atom stereocenters. The molecule has 0 aliphatic carbocycles. The van der Waals surface area contributed by atoms with Crippen molar-refractivity contribution in [2.45, 2.75) is 26.0 Å². The van der Waals surface area contributed by atoms with Crippen LogP contribution in [0.5, 0.6) is 5.75 Å². The maximum atomic E-state index is 9.44. The number of benzene rings is 1. The van der Waals surface area contributed by atoms with Crippen LogP contribution in [0.2, 0.25) is 0 Å². The molecule has 4 heteroatoms. The Morgan fingerprint density at radius 1 is 1.53 bits per heavy atom. The molecule has 94 valence electrons. The summed E-state index contributed by atoms with van der Waals surface area (Å²) in [5.74, 6) is 0.935. The zero-order chi connectivity index (χ0) is 12.4. The van der Waals surface area contributed by atoms with Crippen molar-refractivity contribution in [2.24, 2.45) is 0 Å². The summed E-state index contributed by atoms with van der Waals surface area (Å²) in [5, 5.41) is 9.44. The van der Waals surface area contributed by atoms with Gasteiger partial charge in [-0.25, -0.2) is 0 Å². The molecule has 0 aromatic heterocycles. The van der Waals surface area contributed by atoms with Crippen molar-refractivity contribution in [3.8, 4) is 5.75 Å². The van der Waals surface area contributed by atoms with E-state index in [1.807, 2.05) is 13.0 Å². The lowest BCUT2D eigenvalue weighted by Crippen LogP contribution is -2.35. The molecular weight excluding hydrogens is 282 g/mol. The lowest BCUT2D eigenvalue weighted by atomic mass is 9.98. The van der Waals surface area contributed by atoms with E-state index in [0.29, 0.717) is 0 Å². The summed E-state index contributed by atoms with van der Waals surface area (Å²) in [5.41, 5.74) is 2.60. The summed E-state index contributed by atoms with van der Waals surface area (Å²) < 4.78 is 6.49. The Morgan fingerprint density at radius 3 is 2.94 bits per heavy atom. The van der Waals surface area contributed by atoms with Crippen LogP contribution in [0.1, 0.15) is 18.1 Å². The molecule has 3 nitrogen and oxygen atoms in total. The average molecular weight is 300 g/mol. The number of fused-ring (bicyclic) bond motifs is 1. The number of hydrogen-bond donors (Lipinski definition) is 1. The van der Waals surface area contributed by atoms with Gasteiger partial charge in [0.25, 0.3) is 0 Å². The van der Waals surface area contributed by atoms with Gasteiger partial charge in [-0.3, -0.25) is 4.90 Å². The minimum atomic E-state index is -0.280. The molecule has 0 amide bonds. The van der Waals surface area contributed by atoms with Crippen LogP contribution in [0.4, 0.5) is 0 Å². The smallest absolute Gasteiger partial charge is 0.124 e. The molecule has 0 saturated heterocycles. The van der Waals surface area contributed by atoms with Crippen molar-refractivity contribution in [2.75, 3.05) is 20.2 Å². The topological polar surface area (TPSA) is 32.7 Å². The monoisotopic (exact) mass is 299 g/mol. The number of aliphatic hydroxyl groups excluding tert-OH is 1. The number of halogens is 1. The predicted octanol–water partition coefficient (Wildman–Crippen LogP) is 2.20. The zero-order valence-corrected chi connectivity index (χ0v) is 11.8. The number of methoxy groups -OCH3 is 1. The first-order valence-corrected chi connectivity index (χ1v) is 6.65. The van der Waals surface area contributed by atoms with Crippen LogP contribution < -0.4 is 4.74 Å². The maximum Gasteiger partial charge on any atom is 0.124 e. The molecule has 1 aromatic carbocycles. The van der Waals surface area contributed by atoms with E-state index in [1.165, 1.54) is 11.1 Å². The molecule has 1 N–H and O–H groups in total. The zero-order valence-electron chi connectivity index (χ0n) is 10.2. The third-order valence-corrected chi connectivity index (χ3v) is 3.55. The van der Waals surface area contributed by atoms with Crippen molar-refractivity contribution >= 4 is 15.9 Å². The fraction of sp³-hybridized carbons (Fsp3) is 0.538. The SMILES string of the molecule is COc1cc(Br)cc2c1CN(C[C@@H](C)O)CC2. The number of β-amino-alcohol motifs (C(OH)–C–C–N with tert-alkyl or cyclic N) is 1. The fourth-order valence-corrected chi connectivity index (χ4v) is 2.85. The van der Waals surface area contributed by atoms with Crippen LogP contribution >= 0.6 is 15.9 Å². The van der Waals surface area contributed by atoms with Gasteiger partial charge in [-0.2, -0.15) is 0 Å². The summed E-state index contributed by atoms with van der Waals surface area (Å²) in [6.07, 6.45) is 0.732. The van der Waals surface area contributed by atoms with Crippen molar-refractivity contribution < 1.29 is 9.84 Å². The molecule has 1 atom stereocenters. The van der Waals surface area contributed by atoms with Gasteiger partial charge in [0.15, 0.2) is 0 Å². The summed E-state index contributed by atoms with van der Waals surface area (Å²) >= 11 is 3.50. The Kier molecular flexibility index (Phi) is 4.07. The summed E-state index contributed by atoms with van der Waals surface area (Å²) in [7, 11) is 1.70. The number of hydrogen-bond acceptors (Lipinski definition) is 3. The normalized spacial score (nSPS) is 17.6. The summed E-state index contributed by atoms with van der Waals surface area (Å²) in [6.45, 7) is 4.40. The highest BCUT2D eigenvalue weighted by Gasteiger charge is 2.21. The molecule has 0 spiro atoms. The van der Waals surface area contributed by atoms with Crippen LogP contribution in [0.15, 0.2) is 16.6 Å². The fourth-order valence-electron chi connectivity index (χ4n) is 2.36. The van der Waals surface area contributed by atoms with E-state index in [9.17, 15) is 5.11 Å². The second-order valence-electron chi connectivity index (χ2n) is 4.58. The third-order valence-electron chi connectivity index (χ3n) is 3.09. The highest BCUT2D eigenvalue weighted by molar-refractivity contribution is 9.10. The van der Waals surface area contributed by atoms with Gasteiger partial charge in [-0.05, 0) is 31.0 Å². The summed E-state index contributed by atoms with van der Waals surface area (Å²) in [4.78, 5) is 2.27. The van der Waals surface area contributed by atoms with Crippen LogP contribution in [0.3, 0.4) is 0 Å². The van der Waals surface area contributed by atoms with Crippen LogP contribution in [0.25, 0.3) is 0 Å². The van der Waals surface area contributed by atoms with Crippen LogP contribution in [-0.4, -0.2) is 36.3 Å². The minimum Gasteiger partial charge on any atom is -0.496 e. The van der Waals surface area contributed by atoms with Gasteiger partial charge in [0.1, 0.15) is 5.75 Å². The number of aliphatic hydroxyl groups is 1. The molecule has 0 radical (unpaired) electrons. The first kappa shape index (κ1) is 12.9. The molecule has 1 aromatic rings. The minimum absolute atomic E-state index is 0.280. The van der Waals surface area contributed by atoms with E-state index in [4.69, 9.17) is 4.74 Å². The quantitative estimate of drug-likeness (QED) is 0.929. The standard InChI is InChI=1S/C13H18BrNO2/c1-9(16)7-15-4-3-10-5-11(14)6-13(17-2)12(10)8-15/h5-6,9,16H,3-4,7-8H2,1-2H3/t9-/m1/s1. The van der Waals surface area contributed by atoms with Crippen LogP contribution in [-0.2, 0) is 13.0 Å². The predicted molar refractivity (Wildman–Crippen MR) is 71.4 cm³/mol. The van der Waals surface area contributed by atoms with Crippen LogP contribution in [0, 0.1) is 0 Å². The first-order valence-electron chi connectivity index (χ1n) is 5.86. The maximum absolute atomic E-state index is 9.44. The Hall–Kier alpha value is -0.580. The third kappa shape index (κ3) is 3.00. The van der Waals surface area contributed by atoms with Gasteiger partial charge in [0.2, 0.25) is 0 Å². The van der Waals surface area contributed by atoms with Gasteiger partial charge in [0.05, 0.1) is 13.2 Å². The number of rotatable bonds is 3. The molecule has 0 bridgehead atoms. The number of nitrogens with zero attached hydrogens (tertiary/aromatic N) is 1. The van der Waals surface area contributed by atoms with Gasteiger partial charge >= 0.3 is 0 Å². The second-order valence-corrected chi connectivity index (χ2v) is 5.50. The Labute approximate surface area is 111 Å². The average Bonchev–Trinajstić information content (AvgIpc) is 2.27. The molecule has 1 heterocycles. The lowest BCUT2D eigenvalue weighted by Gasteiger charge is -2.30. The second kappa shape index (κ2) is 5.38. The van der Waals surface area contributed by atoms with Gasteiger partial charge in [0, 0.05) is 29.7 Å². The Balaban J connectivity index is 2.24. The molecule has 0 fully saturated rings. The van der Waals surface area contributed by atoms with Crippen molar-refractivity contribution in [1.29, 1.82) is 0 Å². The summed E-state index contributed by atoms with van der Waals surface area (Å²) in [6, 6.07) is 4.17. The van der Waals surface area contributed by atoms with Gasteiger partial charge < -0.3 is 9.84 Å². The molecular formula is C13H18BrNO2. The van der Waals surface area contributed by atoms with E-state index < -0.39 is 0 Å². The molecule has 2 rings (SSSR count). The molecule has 1 aliphatic heterocycles. The van der Waals surface area contributed by atoms with E-state index >= 15 is 0 Å². The van der Waals surface area contributed by atoms with E-state index in [-0.39, 0.29) is 6.10 Å². The largest absolute Gasteiger partial charge is 0.496 e. The van der Waals surface area contributed by atoms with Crippen molar-refractivity contribution in [1.82, 2.24) is 4.90 Å². The highest BCUT2D eigenvalue weighted by atomic mass is 79.9. The van der Waals surface area contributed by atoms with E-state index in [0.717, 1.165) is 36.3 Å². The Morgan fingerprint density at radius 2 is 2.29 bits per heavy atom. The number of ether oxygens (including phenoxy) is 1. The Bertz CT molecular complexity index is 389. The molecule has 0 saturated carbocycles.